The largest absolute Gasteiger partial charge is 0.493 e. The van der Waals surface area contributed by atoms with Gasteiger partial charge in [0.1, 0.15) is 0 Å². The second kappa shape index (κ2) is 6.23. The molecule has 0 atom stereocenters. The number of benzene rings is 2. The average Bonchev–Trinajstić information content (AvgIpc) is 2.53. The van der Waals surface area contributed by atoms with Crippen molar-refractivity contribution in [3.05, 3.63) is 59.7 Å². The van der Waals surface area contributed by atoms with Gasteiger partial charge in [-0.2, -0.15) is 14.0 Å². The lowest BCUT2D eigenvalue weighted by Crippen LogP contribution is -2.23. The molecule has 0 fully saturated rings. The molecular formula is C16H13F2NO2. The van der Waals surface area contributed by atoms with E-state index in [-0.39, 0.29) is 17.1 Å². The van der Waals surface area contributed by atoms with E-state index in [2.05, 4.69) is 0 Å². The van der Waals surface area contributed by atoms with Crippen molar-refractivity contribution in [1.82, 2.24) is 0 Å². The van der Waals surface area contributed by atoms with Crippen molar-refractivity contribution in [2.24, 2.45) is 0 Å². The van der Waals surface area contributed by atoms with Crippen LogP contribution in [0.1, 0.15) is 11.1 Å². The van der Waals surface area contributed by atoms with Gasteiger partial charge in [0, 0.05) is 11.6 Å². The highest BCUT2D eigenvalue weighted by Crippen LogP contribution is 2.32. The number of hydrogen-bond donors (Lipinski definition) is 0. The van der Waals surface area contributed by atoms with E-state index in [9.17, 15) is 8.78 Å². The van der Waals surface area contributed by atoms with Gasteiger partial charge in [-0.3, -0.25) is 0 Å². The Kier molecular flexibility index (Phi) is 4.39. The highest BCUT2D eigenvalue weighted by molar-refractivity contribution is 5.46. The van der Waals surface area contributed by atoms with Crippen LogP contribution in [0.25, 0.3) is 0 Å². The van der Waals surface area contributed by atoms with Crippen molar-refractivity contribution in [1.29, 1.82) is 5.26 Å². The molecule has 2 aromatic rings. The number of nitriles is 1. The first-order valence-electron chi connectivity index (χ1n) is 6.21. The second-order valence-corrected chi connectivity index (χ2v) is 4.34. The number of halogens is 2. The molecular weight excluding hydrogens is 276 g/mol. The maximum Gasteiger partial charge on any atom is 0.306 e. The predicted octanol–water partition coefficient (Wildman–Crippen LogP) is 3.74. The van der Waals surface area contributed by atoms with E-state index in [0.29, 0.717) is 5.56 Å². The molecule has 0 aliphatic heterocycles. The van der Waals surface area contributed by atoms with E-state index >= 15 is 0 Å². The molecule has 0 spiro atoms. The van der Waals surface area contributed by atoms with Crippen LogP contribution in [0.5, 0.6) is 11.5 Å². The van der Waals surface area contributed by atoms with Crippen LogP contribution in [0.15, 0.2) is 48.5 Å². The van der Waals surface area contributed by atoms with Crippen molar-refractivity contribution >= 4 is 0 Å². The molecule has 2 aromatic carbocycles. The van der Waals surface area contributed by atoms with Gasteiger partial charge in [0.15, 0.2) is 18.1 Å². The third-order valence-corrected chi connectivity index (χ3v) is 2.90. The minimum absolute atomic E-state index is 0.113. The van der Waals surface area contributed by atoms with Crippen LogP contribution in [0, 0.1) is 11.3 Å². The third-order valence-electron chi connectivity index (χ3n) is 2.90. The maximum absolute atomic E-state index is 14.0. The second-order valence-electron chi connectivity index (χ2n) is 4.34. The summed E-state index contributed by atoms with van der Waals surface area (Å²) in [6.07, 6.45) is 0. The summed E-state index contributed by atoms with van der Waals surface area (Å²) in [6.45, 7) is -0.806. The first-order chi connectivity index (χ1) is 10.1. The lowest BCUT2D eigenvalue weighted by Gasteiger charge is -2.18. The highest BCUT2D eigenvalue weighted by atomic mass is 19.3. The van der Waals surface area contributed by atoms with Crippen molar-refractivity contribution in [3.63, 3.8) is 0 Å². The summed E-state index contributed by atoms with van der Waals surface area (Å²) in [5, 5.41) is 8.79. The molecule has 3 nitrogen and oxygen atoms in total. The number of alkyl halides is 2. The van der Waals surface area contributed by atoms with Crippen LogP contribution in [-0.4, -0.2) is 13.7 Å². The first kappa shape index (κ1) is 14.8. The quantitative estimate of drug-likeness (QED) is 0.842. The minimum atomic E-state index is -3.11. The molecule has 0 radical (unpaired) electrons. The molecule has 0 unspecified atom stereocenters. The third kappa shape index (κ3) is 3.48. The van der Waals surface area contributed by atoms with E-state index in [4.69, 9.17) is 14.7 Å². The SMILES string of the molecule is COc1cc(C#N)ccc1OCC(F)(F)c1ccccc1. The molecule has 0 aliphatic carbocycles. The molecule has 2 rings (SSSR count). The molecule has 0 aliphatic rings. The van der Waals surface area contributed by atoms with Crippen LogP contribution in [0.3, 0.4) is 0 Å². The van der Waals surface area contributed by atoms with Gasteiger partial charge in [-0.05, 0) is 12.1 Å². The van der Waals surface area contributed by atoms with Crippen LogP contribution in [0.2, 0.25) is 0 Å². The monoisotopic (exact) mass is 289 g/mol. The summed E-state index contributed by atoms with van der Waals surface area (Å²) in [6, 6.07) is 13.8. The minimum Gasteiger partial charge on any atom is -0.493 e. The molecule has 0 saturated carbocycles. The van der Waals surface area contributed by atoms with Crippen molar-refractivity contribution in [2.45, 2.75) is 5.92 Å². The van der Waals surface area contributed by atoms with Crippen LogP contribution >= 0.6 is 0 Å². The standard InChI is InChI=1S/C16H13F2NO2/c1-20-15-9-12(10-19)7-8-14(15)21-11-16(17,18)13-5-3-2-4-6-13/h2-9H,11H2,1H3. The molecule has 108 valence electrons. The fourth-order valence-electron chi connectivity index (χ4n) is 1.79. The normalized spacial score (nSPS) is 10.8. The predicted molar refractivity (Wildman–Crippen MR) is 73.5 cm³/mol. The summed E-state index contributed by atoms with van der Waals surface area (Å²) in [7, 11) is 1.39. The van der Waals surface area contributed by atoms with E-state index in [1.807, 2.05) is 6.07 Å². The number of methoxy groups -OCH3 is 1. The molecule has 0 saturated heterocycles. The van der Waals surface area contributed by atoms with Crippen LogP contribution < -0.4 is 9.47 Å². The lowest BCUT2D eigenvalue weighted by molar-refractivity contribution is -0.0472. The average molecular weight is 289 g/mol. The Labute approximate surface area is 121 Å². The molecule has 5 heteroatoms. The smallest absolute Gasteiger partial charge is 0.306 e. The molecule has 0 heterocycles. The maximum atomic E-state index is 14.0. The summed E-state index contributed by atoms with van der Waals surface area (Å²) >= 11 is 0. The van der Waals surface area contributed by atoms with Gasteiger partial charge in [0.05, 0.1) is 18.7 Å². The van der Waals surface area contributed by atoms with Gasteiger partial charge in [-0.1, -0.05) is 30.3 Å². The number of nitrogens with zero attached hydrogens (tertiary/aromatic N) is 1. The van der Waals surface area contributed by atoms with E-state index in [0.717, 1.165) is 0 Å². The Morgan fingerprint density at radius 1 is 1.10 bits per heavy atom. The summed E-state index contributed by atoms with van der Waals surface area (Å²) < 4.78 is 38.2. The van der Waals surface area contributed by atoms with E-state index in [1.165, 1.54) is 37.4 Å². The van der Waals surface area contributed by atoms with Gasteiger partial charge < -0.3 is 9.47 Å². The lowest BCUT2D eigenvalue weighted by atomic mass is 10.1. The van der Waals surface area contributed by atoms with Gasteiger partial charge in [0.25, 0.3) is 0 Å². The van der Waals surface area contributed by atoms with Crippen molar-refractivity contribution < 1.29 is 18.3 Å². The Hall–Kier alpha value is -2.61. The summed E-state index contributed by atoms with van der Waals surface area (Å²) in [5.74, 6) is -2.69. The van der Waals surface area contributed by atoms with Gasteiger partial charge in [0.2, 0.25) is 0 Å². The summed E-state index contributed by atoms with van der Waals surface area (Å²) in [4.78, 5) is 0. The zero-order valence-electron chi connectivity index (χ0n) is 11.3. The van der Waals surface area contributed by atoms with E-state index < -0.39 is 12.5 Å². The van der Waals surface area contributed by atoms with E-state index in [1.54, 1.807) is 18.2 Å². The molecule has 21 heavy (non-hydrogen) atoms. The Balaban J connectivity index is 2.15. The molecule has 0 amide bonds. The number of ether oxygens (including phenoxy) is 2. The van der Waals surface area contributed by atoms with Crippen LogP contribution in [-0.2, 0) is 5.92 Å². The molecule has 0 bridgehead atoms. The van der Waals surface area contributed by atoms with Gasteiger partial charge >= 0.3 is 5.92 Å². The molecule has 0 aromatic heterocycles. The molecule has 0 N–H and O–H groups in total. The number of rotatable bonds is 5. The number of hydrogen-bond acceptors (Lipinski definition) is 3. The fourth-order valence-corrected chi connectivity index (χ4v) is 1.79. The Morgan fingerprint density at radius 2 is 1.81 bits per heavy atom. The van der Waals surface area contributed by atoms with Gasteiger partial charge in [-0.15, -0.1) is 0 Å². The fraction of sp³-hybridized carbons (Fsp3) is 0.188. The van der Waals surface area contributed by atoms with Crippen molar-refractivity contribution in [2.75, 3.05) is 13.7 Å². The highest BCUT2D eigenvalue weighted by Gasteiger charge is 2.32. The van der Waals surface area contributed by atoms with Crippen molar-refractivity contribution in [3.8, 4) is 17.6 Å². The topological polar surface area (TPSA) is 42.2 Å². The van der Waals surface area contributed by atoms with Gasteiger partial charge in [-0.25, -0.2) is 0 Å². The summed E-state index contributed by atoms with van der Waals surface area (Å²) in [5.41, 5.74) is 0.256. The zero-order chi connectivity index (χ0) is 15.3. The zero-order valence-corrected chi connectivity index (χ0v) is 11.3. The first-order valence-corrected chi connectivity index (χ1v) is 6.21. The van der Waals surface area contributed by atoms with Crippen LogP contribution in [0.4, 0.5) is 8.78 Å². The Morgan fingerprint density at radius 3 is 2.43 bits per heavy atom. The Bertz CT molecular complexity index is 651.